The molecule has 0 saturated carbocycles. The molecule has 2 heterocycles. The van der Waals surface area contributed by atoms with Crippen LogP contribution >= 0.6 is 0 Å². The number of fused-ring (bicyclic) bond motifs is 1. The number of hydrogen-bond acceptors (Lipinski definition) is 2. The molecule has 0 aliphatic carbocycles. The van der Waals surface area contributed by atoms with Gasteiger partial charge in [0.1, 0.15) is 5.65 Å². The number of hydrogen-bond donors (Lipinski definition) is 1. The third-order valence-electron chi connectivity index (χ3n) is 3.29. The maximum atomic E-state index is 4.56. The van der Waals surface area contributed by atoms with Crippen molar-refractivity contribution >= 4 is 5.65 Å². The zero-order valence-corrected chi connectivity index (χ0v) is 11.0. The number of nitrogens with zero attached hydrogens (tertiary/aromatic N) is 2. The topological polar surface area (TPSA) is 29.3 Å². The Kier molecular flexibility index (Phi) is 3.29. The molecule has 3 nitrogen and oxygen atoms in total. The molecule has 3 aromatic rings. The number of nitrogens with one attached hydrogen (secondary N) is 1. The van der Waals surface area contributed by atoms with E-state index in [2.05, 4.69) is 52.1 Å². The van der Waals surface area contributed by atoms with E-state index in [9.17, 15) is 0 Å². The van der Waals surface area contributed by atoms with E-state index in [4.69, 9.17) is 0 Å². The molecule has 1 aromatic carbocycles. The Morgan fingerprint density at radius 2 is 1.79 bits per heavy atom. The van der Waals surface area contributed by atoms with E-state index in [0.29, 0.717) is 0 Å². The first-order valence-corrected chi connectivity index (χ1v) is 6.52. The molecule has 19 heavy (non-hydrogen) atoms. The summed E-state index contributed by atoms with van der Waals surface area (Å²) in [7, 11) is 0. The Bertz CT molecular complexity index is 671. The summed E-state index contributed by atoms with van der Waals surface area (Å²) in [6, 6.07) is 16.5. The molecule has 0 bridgehead atoms. The number of pyridine rings is 1. The molecular formula is C16H17N3. The van der Waals surface area contributed by atoms with Crippen LogP contribution in [0.25, 0.3) is 5.65 Å². The SMILES string of the molecule is Cc1nc2ccccn2c1CNCc1ccccc1. The fraction of sp³-hybridized carbons (Fsp3) is 0.188. The van der Waals surface area contributed by atoms with E-state index in [1.165, 1.54) is 11.3 Å². The van der Waals surface area contributed by atoms with Crippen molar-refractivity contribution in [3.05, 3.63) is 71.7 Å². The highest BCUT2D eigenvalue weighted by molar-refractivity contribution is 5.42. The molecular weight excluding hydrogens is 234 g/mol. The molecule has 3 heteroatoms. The van der Waals surface area contributed by atoms with Gasteiger partial charge in [-0.1, -0.05) is 36.4 Å². The lowest BCUT2D eigenvalue weighted by molar-refractivity contribution is 0.672. The Morgan fingerprint density at radius 1 is 1.00 bits per heavy atom. The molecule has 0 radical (unpaired) electrons. The standard InChI is InChI=1S/C16H17N3/c1-13-15(19-10-6-5-9-16(19)18-13)12-17-11-14-7-3-2-4-8-14/h2-10,17H,11-12H2,1H3. The van der Waals surface area contributed by atoms with E-state index in [1.54, 1.807) is 0 Å². The average Bonchev–Trinajstić information content (AvgIpc) is 2.76. The van der Waals surface area contributed by atoms with Crippen LogP contribution in [-0.4, -0.2) is 9.38 Å². The van der Waals surface area contributed by atoms with Crippen LogP contribution in [0, 0.1) is 6.92 Å². The van der Waals surface area contributed by atoms with Crippen molar-refractivity contribution in [2.24, 2.45) is 0 Å². The van der Waals surface area contributed by atoms with Gasteiger partial charge >= 0.3 is 0 Å². The molecule has 0 saturated heterocycles. The largest absolute Gasteiger partial charge is 0.307 e. The number of aromatic nitrogens is 2. The zero-order valence-electron chi connectivity index (χ0n) is 11.0. The van der Waals surface area contributed by atoms with Gasteiger partial charge in [0.25, 0.3) is 0 Å². The number of benzene rings is 1. The molecule has 0 spiro atoms. The molecule has 0 atom stereocenters. The van der Waals surface area contributed by atoms with Gasteiger partial charge in [-0.2, -0.15) is 0 Å². The summed E-state index contributed by atoms with van der Waals surface area (Å²) in [4.78, 5) is 4.56. The van der Waals surface area contributed by atoms with Crippen LogP contribution in [0.4, 0.5) is 0 Å². The molecule has 1 N–H and O–H groups in total. The molecule has 0 amide bonds. The van der Waals surface area contributed by atoms with Gasteiger partial charge in [-0.05, 0) is 24.6 Å². The summed E-state index contributed by atoms with van der Waals surface area (Å²) in [5, 5.41) is 3.48. The normalized spacial score (nSPS) is 11.0. The average molecular weight is 251 g/mol. The third kappa shape index (κ3) is 2.51. The highest BCUT2D eigenvalue weighted by Gasteiger charge is 2.06. The minimum absolute atomic E-state index is 0.825. The molecule has 0 aliphatic rings. The van der Waals surface area contributed by atoms with E-state index in [-0.39, 0.29) is 0 Å². The minimum atomic E-state index is 0.825. The fourth-order valence-corrected chi connectivity index (χ4v) is 2.30. The monoisotopic (exact) mass is 251 g/mol. The van der Waals surface area contributed by atoms with Gasteiger partial charge < -0.3 is 9.72 Å². The van der Waals surface area contributed by atoms with Crippen LogP contribution < -0.4 is 5.32 Å². The van der Waals surface area contributed by atoms with E-state index >= 15 is 0 Å². The van der Waals surface area contributed by atoms with Crippen molar-refractivity contribution in [3.8, 4) is 0 Å². The van der Waals surface area contributed by atoms with Crippen molar-refractivity contribution < 1.29 is 0 Å². The van der Waals surface area contributed by atoms with E-state index < -0.39 is 0 Å². The molecule has 0 fully saturated rings. The lowest BCUT2D eigenvalue weighted by Crippen LogP contribution is -2.14. The van der Waals surface area contributed by atoms with Crippen molar-refractivity contribution in [1.82, 2.24) is 14.7 Å². The van der Waals surface area contributed by atoms with Gasteiger partial charge in [-0.25, -0.2) is 4.98 Å². The molecule has 3 rings (SSSR count). The Labute approximate surface area is 112 Å². The van der Waals surface area contributed by atoms with Crippen LogP contribution in [0.3, 0.4) is 0 Å². The van der Waals surface area contributed by atoms with Crippen molar-refractivity contribution in [2.45, 2.75) is 20.0 Å². The number of rotatable bonds is 4. The van der Waals surface area contributed by atoms with E-state index in [1.807, 2.05) is 24.3 Å². The predicted octanol–water partition coefficient (Wildman–Crippen LogP) is 2.93. The Hall–Kier alpha value is -2.13. The second kappa shape index (κ2) is 5.24. The van der Waals surface area contributed by atoms with Gasteiger partial charge in [-0.3, -0.25) is 0 Å². The number of aryl methyl sites for hydroxylation is 1. The van der Waals surface area contributed by atoms with Crippen LogP contribution in [0.1, 0.15) is 17.0 Å². The molecule has 0 aliphatic heterocycles. The summed E-state index contributed by atoms with van der Waals surface area (Å²) >= 11 is 0. The van der Waals surface area contributed by atoms with Gasteiger partial charge in [0.15, 0.2) is 0 Å². The third-order valence-corrected chi connectivity index (χ3v) is 3.29. The van der Waals surface area contributed by atoms with Gasteiger partial charge in [0.05, 0.1) is 11.4 Å². The zero-order chi connectivity index (χ0) is 13.1. The second-order valence-corrected chi connectivity index (χ2v) is 4.66. The van der Waals surface area contributed by atoms with Gasteiger partial charge in [-0.15, -0.1) is 0 Å². The summed E-state index contributed by atoms with van der Waals surface area (Å²) in [5.74, 6) is 0. The van der Waals surface area contributed by atoms with Crippen LogP contribution in [0.5, 0.6) is 0 Å². The maximum absolute atomic E-state index is 4.56. The van der Waals surface area contributed by atoms with Crippen LogP contribution in [0.2, 0.25) is 0 Å². The smallest absolute Gasteiger partial charge is 0.137 e. The maximum Gasteiger partial charge on any atom is 0.137 e. The Balaban J connectivity index is 1.73. The summed E-state index contributed by atoms with van der Waals surface area (Å²) in [6.07, 6.45) is 2.06. The fourth-order valence-electron chi connectivity index (χ4n) is 2.30. The van der Waals surface area contributed by atoms with Gasteiger partial charge in [0, 0.05) is 19.3 Å². The van der Waals surface area contributed by atoms with Crippen molar-refractivity contribution in [3.63, 3.8) is 0 Å². The lowest BCUT2D eigenvalue weighted by atomic mass is 10.2. The first-order valence-electron chi connectivity index (χ1n) is 6.52. The predicted molar refractivity (Wildman–Crippen MR) is 76.9 cm³/mol. The lowest BCUT2D eigenvalue weighted by Gasteiger charge is -2.06. The highest BCUT2D eigenvalue weighted by Crippen LogP contribution is 2.11. The second-order valence-electron chi connectivity index (χ2n) is 4.66. The van der Waals surface area contributed by atoms with Crippen LogP contribution in [0.15, 0.2) is 54.7 Å². The molecule has 96 valence electrons. The summed E-state index contributed by atoms with van der Waals surface area (Å²) in [6.45, 7) is 3.76. The number of imidazole rings is 1. The van der Waals surface area contributed by atoms with Crippen molar-refractivity contribution in [2.75, 3.05) is 0 Å². The molecule has 0 unspecified atom stereocenters. The van der Waals surface area contributed by atoms with Gasteiger partial charge in [0.2, 0.25) is 0 Å². The first-order chi connectivity index (χ1) is 9.34. The first kappa shape index (κ1) is 11.9. The minimum Gasteiger partial charge on any atom is -0.307 e. The summed E-state index contributed by atoms with van der Waals surface area (Å²) < 4.78 is 2.15. The quantitative estimate of drug-likeness (QED) is 0.772. The highest BCUT2D eigenvalue weighted by atomic mass is 15.0. The van der Waals surface area contributed by atoms with Crippen molar-refractivity contribution in [1.29, 1.82) is 0 Å². The molecule has 2 aromatic heterocycles. The van der Waals surface area contributed by atoms with E-state index in [0.717, 1.165) is 24.4 Å². The van der Waals surface area contributed by atoms with Crippen LogP contribution in [-0.2, 0) is 13.1 Å². The summed E-state index contributed by atoms with van der Waals surface area (Å²) in [5.41, 5.74) is 4.63. The Morgan fingerprint density at radius 3 is 2.63 bits per heavy atom.